The number of aryl methyl sites for hydroxylation is 3. The van der Waals surface area contributed by atoms with E-state index < -0.39 is 0 Å². The van der Waals surface area contributed by atoms with Gasteiger partial charge >= 0.3 is 0 Å². The van der Waals surface area contributed by atoms with Gasteiger partial charge in [-0.15, -0.1) is 12.4 Å². The summed E-state index contributed by atoms with van der Waals surface area (Å²) < 4.78 is 6.61. The highest BCUT2D eigenvalue weighted by Crippen LogP contribution is 2.31. The normalized spacial score (nSPS) is 14.3. The maximum absolute atomic E-state index is 13.5. The fourth-order valence-electron chi connectivity index (χ4n) is 4.25. The number of nitrogens with zero attached hydrogens (tertiary/aromatic N) is 3. The molecule has 1 aliphatic rings. The molecule has 0 saturated carbocycles. The van der Waals surface area contributed by atoms with Crippen LogP contribution in [0.5, 0.6) is 0 Å². The number of rotatable bonds is 8. The zero-order valence-electron chi connectivity index (χ0n) is 19.8. The zero-order valence-corrected chi connectivity index (χ0v) is 21.4. The highest BCUT2D eigenvalue weighted by atomic mass is 35.5. The van der Waals surface area contributed by atoms with E-state index in [1.54, 1.807) is 11.3 Å². The monoisotopic (exact) mass is 487 g/mol. The minimum atomic E-state index is 0. The third kappa shape index (κ3) is 6.33. The van der Waals surface area contributed by atoms with Crippen molar-refractivity contribution >= 4 is 45.0 Å². The second-order valence-corrected chi connectivity index (χ2v) is 9.58. The van der Waals surface area contributed by atoms with Gasteiger partial charge in [-0.2, -0.15) is 0 Å². The van der Waals surface area contributed by atoms with Crippen molar-refractivity contribution in [2.24, 2.45) is 0 Å². The smallest absolute Gasteiger partial charge is 0.233 e. The molecular weight excluding hydrogens is 454 g/mol. The Hall–Kier alpha value is -1.99. The van der Waals surface area contributed by atoms with Gasteiger partial charge in [0.15, 0.2) is 5.13 Å². The second kappa shape index (κ2) is 11.9. The molecule has 2 aromatic carbocycles. The number of halogens is 1. The van der Waals surface area contributed by atoms with Crippen molar-refractivity contribution < 1.29 is 9.53 Å². The fraction of sp³-hybridized carbons (Fsp3) is 0.462. The first-order valence-electron chi connectivity index (χ1n) is 11.6. The summed E-state index contributed by atoms with van der Waals surface area (Å²) in [6.45, 7) is 11.5. The lowest BCUT2D eigenvalue weighted by atomic mass is 10.0. The lowest BCUT2D eigenvalue weighted by Crippen LogP contribution is -2.39. The maximum Gasteiger partial charge on any atom is 0.233 e. The van der Waals surface area contributed by atoms with Gasteiger partial charge in [0, 0.05) is 26.2 Å². The Morgan fingerprint density at radius 3 is 2.70 bits per heavy atom. The molecule has 0 aliphatic carbocycles. The zero-order chi connectivity index (χ0) is 22.5. The first-order chi connectivity index (χ1) is 15.5. The first-order valence-corrected chi connectivity index (χ1v) is 12.4. The molecule has 1 fully saturated rings. The van der Waals surface area contributed by atoms with E-state index in [0.717, 1.165) is 72.2 Å². The van der Waals surface area contributed by atoms with E-state index in [0.29, 0.717) is 13.0 Å². The Bertz CT molecular complexity index is 1080. The SMILES string of the molecule is CCc1cccc2sc(N(CCCN3CCOCC3)C(=O)Cc3cc(C)ccc3C)nc12.Cl. The van der Waals surface area contributed by atoms with E-state index in [1.807, 2.05) is 4.90 Å². The average Bonchev–Trinajstić information content (AvgIpc) is 3.23. The van der Waals surface area contributed by atoms with Crippen molar-refractivity contribution in [1.29, 1.82) is 0 Å². The summed E-state index contributed by atoms with van der Waals surface area (Å²) in [6, 6.07) is 12.7. The largest absolute Gasteiger partial charge is 0.379 e. The third-order valence-corrected chi connectivity index (χ3v) is 7.25. The van der Waals surface area contributed by atoms with Gasteiger partial charge in [-0.05, 0) is 49.4 Å². The van der Waals surface area contributed by atoms with Crippen molar-refractivity contribution in [2.45, 2.75) is 40.0 Å². The van der Waals surface area contributed by atoms with Crippen LogP contribution in [-0.4, -0.2) is 55.2 Å². The van der Waals surface area contributed by atoms with Crippen LogP contribution >= 0.6 is 23.7 Å². The van der Waals surface area contributed by atoms with Gasteiger partial charge in [-0.25, -0.2) is 4.98 Å². The van der Waals surface area contributed by atoms with Crippen LogP contribution in [0.25, 0.3) is 10.2 Å². The van der Waals surface area contributed by atoms with Crippen LogP contribution in [0.3, 0.4) is 0 Å². The molecule has 2 heterocycles. The summed E-state index contributed by atoms with van der Waals surface area (Å²) >= 11 is 1.63. The summed E-state index contributed by atoms with van der Waals surface area (Å²) in [5.74, 6) is 0.123. The molecule has 0 bridgehead atoms. The molecule has 1 aromatic heterocycles. The fourth-order valence-corrected chi connectivity index (χ4v) is 5.30. The van der Waals surface area contributed by atoms with Crippen LogP contribution < -0.4 is 4.90 Å². The molecule has 3 aromatic rings. The lowest BCUT2D eigenvalue weighted by molar-refractivity contribution is -0.118. The third-order valence-electron chi connectivity index (χ3n) is 6.21. The van der Waals surface area contributed by atoms with Crippen LogP contribution in [0.1, 0.15) is 35.6 Å². The number of benzene rings is 2. The van der Waals surface area contributed by atoms with Gasteiger partial charge in [0.05, 0.1) is 29.9 Å². The van der Waals surface area contributed by atoms with Gasteiger partial charge in [-0.1, -0.05) is 54.2 Å². The molecule has 7 heteroatoms. The number of carbonyl (C=O) groups excluding carboxylic acids is 1. The highest BCUT2D eigenvalue weighted by Gasteiger charge is 2.22. The van der Waals surface area contributed by atoms with Crippen molar-refractivity contribution in [3.8, 4) is 0 Å². The molecular formula is C26H34ClN3O2S. The van der Waals surface area contributed by atoms with Crippen molar-refractivity contribution in [3.63, 3.8) is 0 Å². The number of fused-ring (bicyclic) bond motifs is 1. The Kier molecular flexibility index (Phi) is 9.27. The maximum atomic E-state index is 13.5. The van der Waals surface area contributed by atoms with E-state index in [1.165, 1.54) is 11.1 Å². The van der Waals surface area contributed by atoms with E-state index >= 15 is 0 Å². The summed E-state index contributed by atoms with van der Waals surface area (Å²) in [6.07, 6.45) is 2.27. The van der Waals surface area contributed by atoms with Gasteiger partial charge in [-0.3, -0.25) is 14.6 Å². The highest BCUT2D eigenvalue weighted by molar-refractivity contribution is 7.22. The average molecular weight is 488 g/mol. The first kappa shape index (κ1) is 25.6. The Morgan fingerprint density at radius 1 is 1.15 bits per heavy atom. The van der Waals surface area contributed by atoms with Crippen LogP contribution in [0, 0.1) is 13.8 Å². The van der Waals surface area contributed by atoms with Crippen LogP contribution in [0.4, 0.5) is 5.13 Å². The van der Waals surface area contributed by atoms with Crippen LogP contribution in [0.15, 0.2) is 36.4 Å². The summed E-state index contributed by atoms with van der Waals surface area (Å²) in [5, 5.41) is 0.818. The van der Waals surface area contributed by atoms with Crippen molar-refractivity contribution in [1.82, 2.24) is 9.88 Å². The molecule has 4 rings (SSSR count). The standard InChI is InChI=1S/C26H33N3O2S.ClH/c1-4-21-7-5-8-23-25(21)27-26(32-23)29(12-6-11-28-13-15-31-16-14-28)24(30)18-22-17-19(2)9-10-20(22)3;/h5,7-10,17H,4,6,11-16,18H2,1-3H3;1H. The molecule has 1 saturated heterocycles. The number of anilines is 1. The summed E-state index contributed by atoms with van der Waals surface area (Å²) in [4.78, 5) is 22.8. The van der Waals surface area contributed by atoms with Gasteiger partial charge in [0.25, 0.3) is 0 Å². The number of morpholine rings is 1. The molecule has 5 nitrogen and oxygen atoms in total. The minimum Gasteiger partial charge on any atom is -0.379 e. The number of hydrogen-bond acceptors (Lipinski definition) is 5. The lowest BCUT2D eigenvalue weighted by Gasteiger charge is -2.28. The Balaban J connectivity index is 0.00000306. The van der Waals surface area contributed by atoms with Gasteiger partial charge < -0.3 is 4.74 Å². The van der Waals surface area contributed by atoms with Gasteiger partial charge in [0.2, 0.25) is 5.91 Å². The van der Waals surface area contributed by atoms with Crippen LogP contribution in [0.2, 0.25) is 0 Å². The van der Waals surface area contributed by atoms with E-state index in [-0.39, 0.29) is 18.3 Å². The number of hydrogen-bond donors (Lipinski definition) is 0. The van der Waals surface area contributed by atoms with Crippen molar-refractivity contribution in [3.05, 3.63) is 58.7 Å². The number of aromatic nitrogens is 1. The molecule has 0 atom stereocenters. The Morgan fingerprint density at radius 2 is 1.94 bits per heavy atom. The molecule has 0 spiro atoms. The van der Waals surface area contributed by atoms with E-state index in [2.05, 4.69) is 62.1 Å². The molecule has 0 N–H and O–H groups in total. The minimum absolute atomic E-state index is 0. The summed E-state index contributed by atoms with van der Waals surface area (Å²) in [7, 11) is 0. The van der Waals surface area contributed by atoms with E-state index in [9.17, 15) is 4.79 Å². The number of ether oxygens (including phenoxy) is 1. The molecule has 1 amide bonds. The molecule has 33 heavy (non-hydrogen) atoms. The number of amides is 1. The number of para-hydroxylation sites is 1. The quantitative estimate of drug-likeness (QED) is 0.438. The Labute approximate surface area is 207 Å². The predicted molar refractivity (Wildman–Crippen MR) is 140 cm³/mol. The number of thiazole rings is 1. The van der Waals surface area contributed by atoms with Gasteiger partial charge in [0.1, 0.15) is 0 Å². The molecule has 178 valence electrons. The molecule has 1 aliphatic heterocycles. The molecule has 0 unspecified atom stereocenters. The number of carbonyl (C=O) groups is 1. The topological polar surface area (TPSA) is 45.7 Å². The molecule has 0 radical (unpaired) electrons. The van der Waals surface area contributed by atoms with Crippen LogP contribution in [-0.2, 0) is 22.4 Å². The summed E-state index contributed by atoms with van der Waals surface area (Å²) in [5.41, 5.74) is 5.72. The second-order valence-electron chi connectivity index (χ2n) is 8.57. The van der Waals surface area contributed by atoms with Crippen molar-refractivity contribution in [2.75, 3.05) is 44.3 Å². The predicted octanol–water partition coefficient (Wildman–Crippen LogP) is 5.20. The van der Waals surface area contributed by atoms with E-state index in [4.69, 9.17) is 9.72 Å².